The second kappa shape index (κ2) is 7.23. The number of nitrogens with zero attached hydrogens (tertiary/aromatic N) is 1. The van der Waals surface area contributed by atoms with E-state index in [2.05, 4.69) is 31.5 Å². The number of aromatic nitrogens is 1. The van der Waals surface area contributed by atoms with E-state index in [4.69, 9.17) is 0 Å². The van der Waals surface area contributed by atoms with Crippen LogP contribution in [0.2, 0.25) is 0 Å². The molecule has 1 heterocycles. The van der Waals surface area contributed by atoms with E-state index in [1.807, 2.05) is 36.4 Å². The van der Waals surface area contributed by atoms with Crippen molar-refractivity contribution >= 4 is 44.3 Å². The van der Waals surface area contributed by atoms with Crippen LogP contribution in [0.15, 0.2) is 65.3 Å². The lowest BCUT2D eigenvalue weighted by Crippen LogP contribution is -2.32. The lowest BCUT2D eigenvalue weighted by molar-refractivity contribution is -0.115. The number of halogens is 1. The zero-order valence-corrected chi connectivity index (χ0v) is 14.2. The number of carbonyl (C=O) groups excluding carboxylic acids is 2. The Bertz CT molecular complexity index is 911. The van der Waals surface area contributed by atoms with Crippen molar-refractivity contribution in [3.63, 3.8) is 0 Å². The van der Waals surface area contributed by atoms with Crippen molar-refractivity contribution in [2.75, 3.05) is 11.9 Å². The second-order valence-electron chi connectivity index (χ2n) is 5.16. The summed E-state index contributed by atoms with van der Waals surface area (Å²) in [5.41, 5.74) is 1.94. The third kappa shape index (κ3) is 3.97. The van der Waals surface area contributed by atoms with Crippen LogP contribution in [0.25, 0.3) is 10.9 Å². The maximum atomic E-state index is 12.0. The number of hydrogen-bond donors (Lipinski definition) is 2. The van der Waals surface area contributed by atoms with E-state index in [0.29, 0.717) is 11.3 Å². The Morgan fingerprint density at radius 3 is 2.71 bits per heavy atom. The van der Waals surface area contributed by atoms with Crippen LogP contribution in [0.3, 0.4) is 0 Å². The molecule has 0 spiro atoms. The van der Waals surface area contributed by atoms with Crippen molar-refractivity contribution in [2.45, 2.75) is 0 Å². The molecule has 3 aromatic rings. The standard InChI is InChI=1S/C18H14BrN3O2/c19-14-6-3-5-13(8-14)18(24)21-11-17(23)22-15-9-12-4-1-2-7-16(12)20-10-15/h1-10H,11H2,(H,21,24)(H,22,23). The van der Waals surface area contributed by atoms with Gasteiger partial charge in [-0.3, -0.25) is 14.6 Å². The fraction of sp³-hybridized carbons (Fsp3) is 0.0556. The van der Waals surface area contributed by atoms with Gasteiger partial charge in [-0.1, -0.05) is 40.2 Å². The Hall–Kier alpha value is -2.73. The van der Waals surface area contributed by atoms with E-state index >= 15 is 0 Å². The Labute approximate surface area is 147 Å². The number of rotatable bonds is 4. The van der Waals surface area contributed by atoms with E-state index in [-0.39, 0.29) is 18.4 Å². The molecule has 0 aliphatic heterocycles. The Morgan fingerprint density at radius 2 is 1.88 bits per heavy atom. The van der Waals surface area contributed by atoms with Crippen molar-refractivity contribution in [1.82, 2.24) is 10.3 Å². The van der Waals surface area contributed by atoms with Gasteiger partial charge in [-0.05, 0) is 30.3 Å². The summed E-state index contributed by atoms with van der Waals surface area (Å²) in [6.07, 6.45) is 1.59. The molecular formula is C18H14BrN3O2. The highest BCUT2D eigenvalue weighted by Crippen LogP contribution is 2.16. The zero-order valence-electron chi connectivity index (χ0n) is 12.6. The van der Waals surface area contributed by atoms with Crippen molar-refractivity contribution in [3.05, 3.63) is 70.8 Å². The van der Waals surface area contributed by atoms with Gasteiger partial charge >= 0.3 is 0 Å². The van der Waals surface area contributed by atoms with Crippen LogP contribution < -0.4 is 10.6 Å². The highest BCUT2D eigenvalue weighted by Gasteiger charge is 2.09. The van der Waals surface area contributed by atoms with Gasteiger partial charge in [0.25, 0.3) is 5.91 Å². The molecule has 2 aromatic carbocycles. The van der Waals surface area contributed by atoms with Gasteiger partial charge in [-0.15, -0.1) is 0 Å². The Kier molecular flexibility index (Phi) is 4.86. The lowest BCUT2D eigenvalue weighted by Gasteiger charge is -2.08. The van der Waals surface area contributed by atoms with Crippen molar-refractivity contribution < 1.29 is 9.59 Å². The van der Waals surface area contributed by atoms with Gasteiger partial charge in [0.2, 0.25) is 5.91 Å². The number of carbonyl (C=O) groups is 2. The van der Waals surface area contributed by atoms with Crippen molar-refractivity contribution in [2.24, 2.45) is 0 Å². The molecule has 6 heteroatoms. The van der Waals surface area contributed by atoms with E-state index in [9.17, 15) is 9.59 Å². The summed E-state index contributed by atoms with van der Waals surface area (Å²) >= 11 is 3.31. The predicted molar refractivity (Wildman–Crippen MR) is 96.8 cm³/mol. The van der Waals surface area contributed by atoms with Gasteiger partial charge in [0, 0.05) is 15.4 Å². The molecular weight excluding hydrogens is 370 g/mol. The molecule has 0 unspecified atom stereocenters. The first-order valence-corrected chi connectivity index (χ1v) is 8.09. The average Bonchev–Trinajstić information content (AvgIpc) is 2.59. The quantitative estimate of drug-likeness (QED) is 0.725. The number of fused-ring (bicyclic) bond motifs is 1. The number of hydrogen-bond acceptors (Lipinski definition) is 3. The topological polar surface area (TPSA) is 71.1 Å². The lowest BCUT2D eigenvalue weighted by atomic mass is 10.2. The minimum atomic E-state index is -0.310. The molecule has 2 amide bonds. The number of amides is 2. The van der Waals surface area contributed by atoms with Gasteiger partial charge in [0.15, 0.2) is 0 Å². The van der Waals surface area contributed by atoms with Gasteiger partial charge in [-0.25, -0.2) is 0 Å². The highest BCUT2D eigenvalue weighted by molar-refractivity contribution is 9.10. The van der Waals surface area contributed by atoms with Crippen LogP contribution in [0.5, 0.6) is 0 Å². The molecule has 1 aromatic heterocycles. The molecule has 0 saturated carbocycles. The number of nitrogens with one attached hydrogen (secondary N) is 2. The SMILES string of the molecule is O=C(CNC(=O)c1cccc(Br)c1)Nc1cnc2ccccc2c1. The van der Waals surface area contributed by atoms with Gasteiger partial charge in [0.05, 0.1) is 23.9 Å². The molecule has 0 aliphatic rings. The van der Waals surface area contributed by atoms with E-state index in [1.165, 1.54) is 0 Å². The molecule has 0 radical (unpaired) electrons. The first-order chi connectivity index (χ1) is 11.6. The minimum absolute atomic E-state index is 0.113. The van der Waals surface area contributed by atoms with Gasteiger partial charge < -0.3 is 10.6 Å². The summed E-state index contributed by atoms with van der Waals surface area (Å²) in [4.78, 5) is 28.3. The van der Waals surface area contributed by atoms with Gasteiger partial charge in [-0.2, -0.15) is 0 Å². The van der Waals surface area contributed by atoms with Crippen LogP contribution in [0.1, 0.15) is 10.4 Å². The van der Waals surface area contributed by atoms with Crippen LogP contribution >= 0.6 is 15.9 Å². The highest BCUT2D eigenvalue weighted by atomic mass is 79.9. The monoisotopic (exact) mass is 383 g/mol. The van der Waals surface area contributed by atoms with Crippen molar-refractivity contribution in [3.8, 4) is 0 Å². The number of benzene rings is 2. The van der Waals surface area contributed by atoms with E-state index in [1.54, 1.807) is 24.4 Å². The summed E-state index contributed by atoms with van der Waals surface area (Å²) in [6, 6.07) is 16.5. The number of para-hydroxylation sites is 1. The summed E-state index contributed by atoms with van der Waals surface area (Å²) in [5, 5.41) is 6.26. The molecule has 24 heavy (non-hydrogen) atoms. The summed E-state index contributed by atoms with van der Waals surface area (Å²) in [7, 11) is 0. The van der Waals surface area contributed by atoms with Crippen LogP contribution in [0, 0.1) is 0 Å². The number of pyridine rings is 1. The second-order valence-corrected chi connectivity index (χ2v) is 6.07. The summed E-state index contributed by atoms with van der Waals surface area (Å²) < 4.78 is 0.807. The van der Waals surface area contributed by atoms with E-state index < -0.39 is 0 Å². The van der Waals surface area contributed by atoms with Crippen LogP contribution in [-0.4, -0.2) is 23.3 Å². The normalized spacial score (nSPS) is 10.4. The fourth-order valence-electron chi connectivity index (χ4n) is 2.24. The van der Waals surface area contributed by atoms with Crippen LogP contribution in [0.4, 0.5) is 5.69 Å². The first kappa shape index (κ1) is 16.1. The molecule has 5 nitrogen and oxygen atoms in total. The molecule has 3 rings (SSSR count). The molecule has 0 atom stereocenters. The van der Waals surface area contributed by atoms with E-state index in [0.717, 1.165) is 15.4 Å². The Balaban J connectivity index is 1.59. The average molecular weight is 384 g/mol. The minimum Gasteiger partial charge on any atom is -0.343 e. The zero-order chi connectivity index (χ0) is 16.9. The molecule has 0 saturated heterocycles. The maximum Gasteiger partial charge on any atom is 0.251 e. The molecule has 120 valence electrons. The summed E-state index contributed by atoms with van der Waals surface area (Å²) in [5.74, 6) is -0.612. The molecule has 0 bridgehead atoms. The maximum absolute atomic E-state index is 12.0. The molecule has 0 aliphatic carbocycles. The fourth-order valence-corrected chi connectivity index (χ4v) is 2.64. The van der Waals surface area contributed by atoms with Gasteiger partial charge in [0.1, 0.15) is 0 Å². The first-order valence-electron chi connectivity index (χ1n) is 7.30. The summed E-state index contributed by atoms with van der Waals surface area (Å²) in [6.45, 7) is -0.113. The largest absolute Gasteiger partial charge is 0.343 e. The molecule has 0 fully saturated rings. The molecule has 2 N–H and O–H groups in total. The van der Waals surface area contributed by atoms with Crippen molar-refractivity contribution in [1.29, 1.82) is 0 Å². The third-order valence-electron chi connectivity index (χ3n) is 3.37. The van der Waals surface area contributed by atoms with Crippen LogP contribution in [-0.2, 0) is 4.79 Å². The third-order valence-corrected chi connectivity index (χ3v) is 3.86. The smallest absolute Gasteiger partial charge is 0.251 e. The Morgan fingerprint density at radius 1 is 1.04 bits per heavy atom. The number of anilines is 1. The predicted octanol–water partition coefficient (Wildman–Crippen LogP) is 3.37.